The van der Waals surface area contributed by atoms with Gasteiger partial charge in [-0.25, -0.2) is 0 Å². The van der Waals surface area contributed by atoms with Crippen molar-refractivity contribution in [2.24, 2.45) is 0 Å². The van der Waals surface area contributed by atoms with Gasteiger partial charge in [0.1, 0.15) is 0 Å². The highest BCUT2D eigenvalue weighted by atomic mass is 32.1. The lowest BCUT2D eigenvalue weighted by molar-refractivity contribution is -0.115. The van der Waals surface area contributed by atoms with Crippen molar-refractivity contribution in [1.82, 2.24) is 5.32 Å². The maximum atomic E-state index is 11.1. The van der Waals surface area contributed by atoms with Gasteiger partial charge in [-0.3, -0.25) is 9.59 Å². The van der Waals surface area contributed by atoms with Gasteiger partial charge in [-0.1, -0.05) is 24.8 Å². The summed E-state index contributed by atoms with van der Waals surface area (Å²) in [6, 6.07) is 5.85. The molecule has 0 atom stereocenters. The summed E-state index contributed by atoms with van der Waals surface area (Å²) in [4.78, 5) is 21.7. The standard InChI is InChI=1S/C11H12N2O2S/c14-10-6-8-5-7(1-2-9(8)13-10)3-4-12-11(15)16/h1-2,5H,3-4,6H2,(H,13,14)(H2,12,15,16). The molecule has 2 amide bonds. The Morgan fingerprint density at radius 1 is 1.50 bits per heavy atom. The minimum absolute atomic E-state index is 0.0378. The fraction of sp³-hybridized carbons (Fsp3) is 0.273. The number of benzene rings is 1. The van der Waals surface area contributed by atoms with Gasteiger partial charge in [-0.05, 0) is 23.6 Å². The Kier molecular flexibility index (Phi) is 3.14. The van der Waals surface area contributed by atoms with E-state index in [9.17, 15) is 9.59 Å². The highest BCUT2D eigenvalue weighted by molar-refractivity contribution is 7.96. The molecule has 0 saturated carbocycles. The maximum Gasteiger partial charge on any atom is 0.275 e. The number of rotatable bonds is 3. The Morgan fingerprint density at radius 3 is 3.06 bits per heavy atom. The normalized spacial score (nSPS) is 13.2. The highest BCUT2D eigenvalue weighted by Crippen LogP contribution is 2.23. The zero-order valence-electron chi connectivity index (χ0n) is 8.62. The van der Waals surface area contributed by atoms with Crippen LogP contribution in [0.4, 0.5) is 10.5 Å². The average molecular weight is 236 g/mol. The van der Waals surface area contributed by atoms with E-state index in [2.05, 4.69) is 23.3 Å². The van der Waals surface area contributed by atoms with Crippen LogP contribution in [0.3, 0.4) is 0 Å². The first-order chi connectivity index (χ1) is 7.65. The molecule has 2 N–H and O–H groups in total. The number of thiol groups is 1. The van der Waals surface area contributed by atoms with Crippen molar-refractivity contribution in [3.8, 4) is 0 Å². The number of nitrogens with one attached hydrogen (secondary N) is 2. The third-order valence-corrected chi connectivity index (χ3v) is 2.64. The zero-order valence-corrected chi connectivity index (χ0v) is 9.51. The molecule has 1 aliphatic rings. The van der Waals surface area contributed by atoms with Crippen molar-refractivity contribution in [3.63, 3.8) is 0 Å². The molecule has 0 spiro atoms. The molecule has 1 aromatic carbocycles. The fourth-order valence-corrected chi connectivity index (χ4v) is 1.86. The predicted molar refractivity (Wildman–Crippen MR) is 64.9 cm³/mol. The second kappa shape index (κ2) is 4.57. The van der Waals surface area contributed by atoms with Gasteiger partial charge in [0.15, 0.2) is 0 Å². The van der Waals surface area contributed by atoms with Crippen LogP contribution in [0.15, 0.2) is 18.2 Å². The summed E-state index contributed by atoms with van der Waals surface area (Å²) in [5, 5.41) is 5.07. The van der Waals surface area contributed by atoms with Crippen LogP contribution in [0, 0.1) is 0 Å². The SMILES string of the molecule is O=C(S)NCCc1ccc2c(c1)CC(=O)N2. The van der Waals surface area contributed by atoms with Gasteiger partial charge in [0.2, 0.25) is 5.91 Å². The third-order valence-electron chi connectivity index (χ3n) is 2.48. The van der Waals surface area contributed by atoms with Gasteiger partial charge in [-0.15, -0.1) is 0 Å². The molecule has 16 heavy (non-hydrogen) atoms. The van der Waals surface area contributed by atoms with Gasteiger partial charge in [0.25, 0.3) is 5.24 Å². The van der Waals surface area contributed by atoms with Crippen LogP contribution in [0.2, 0.25) is 0 Å². The lowest BCUT2D eigenvalue weighted by Gasteiger charge is -2.04. The van der Waals surface area contributed by atoms with E-state index in [1.54, 1.807) is 0 Å². The van der Waals surface area contributed by atoms with Crippen LogP contribution in [0.5, 0.6) is 0 Å². The van der Waals surface area contributed by atoms with E-state index >= 15 is 0 Å². The van der Waals surface area contributed by atoms with E-state index in [0.29, 0.717) is 13.0 Å². The molecule has 1 aromatic rings. The first-order valence-corrected chi connectivity index (χ1v) is 5.48. The molecule has 1 aliphatic heterocycles. The van der Waals surface area contributed by atoms with Gasteiger partial charge in [-0.2, -0.15) is 0 Å². The van der Waals surface area contributed by atoms with E-state index in [-0.39, 0.29) is 11.1 Å². The minimum atomic E-state index is -0.321. The van der Waals surface area contributed by atoms with E-state index in [0.717, 1.165) is 23.2 Å². The predicted octanol–water partition coefficient (Wildman–Crippen LogP) is 1.36. The van der Waals surface area contributed by atoms with Crippen LogP contribution < -0.4 is 10.6 Å². The van der Waals surface area contributed by atoms with Crippen molar-refractivity contribution < 1.29 is 9.59 Å². The number of carbonyl (C=O) groups excluding carboxylic acids is 2. The number of anilines is 1. The first kappa shape index (κ1) is 11.0. The summed E-state index contributed by atoms with van der Waals surface area (Å²) in [7, 11) is 0. The second-order valence-corrected chi connectivity index (χ2v) is 4.10. The Bertz CT molecular complexity index is 446. The van der Waals surface area contributed by atoms with Crippen molar-refractivity contribution in [1.29, 1.82) is 0 Å². The van der Waals surface area contributed by atoms with E-state index in [1.807, 2.05) is 18.2 Å². The van der Waals surface area contributed by atoms with Gasteiger partial charge >= 0.3 is 0 Å². The topological polar surface area (TPSA) is 58.2 Å². The molecule has 0 aromatic heterocycles. The van der Waals surface area contributed by atoms with Crippen LogP contribution in [0.25, 0.3) is 0 Å². The molecule has 2 rings (SSSR count). The Morgan fingerprint density at radius 2 is 2.31 bits per heavy atom. The number of amides is 2. The Balaban J connectivity index is 1.99. The molecular formula is C11H12N2O2S. The summed E-state index contributed by atoms with van der Waals surface area (Å²) < 4.78 is 0. The molecule has 0 fully saturated rings. The van der Waals surface area contributed by atoms with Crippen LogP contribution in [-0.2, 0) is 17.6 Å². The molecule has 4 nitrogen and oxygen atoms in total. The average Bonchev–Trinajstić information content (AvgIpc) is 2.56. The molecule has 0 bridgehead atoms. The molecule has 1 heterocycles. The van der Waals surface area contributed by atoms with Crippen molar-refractivity contribution >= 4 is 29.5 Å². The lowest BCUT2D eigenvalue weighted by Crippen LogP contribution is -2.19. The Hall–Kier alpha value is -1.49. The number of carbonyl (C=O) groups is 2. The fourth-order valence-electron chi connectivity index (χ4n) is 1.75. The highest BCUT2D eigenvalue weighted by Gasteiger charge is 2.17. The van der Waals surface area contributed by atoms with Gasteiger partial charge in [0, 0.05) is 12.2 Å². The van der Waals surface area contributed by atoms with Gasteiger partial charge < -0.3 is 10.6 Å². The number of hydrogen-bond donors (Lipinski definition) is 3. The summed E-state index contributed by atoms with van der Waals surface area (Å²) in [5.41, 5.74) is 3.03. The van der Waals surface area contributed by atoms with Crippen LogP contribution in [-0.4, -0.2) is 17.7 Å². The number of fused-ring (bicyclic) bond motifs is 1. The summed E-state index contributed by atoms with van der Waals surface area (Å²) in [6.45, 7) is 0.558. The van der Waals surface area contributed by atoms with E-state index < -0.39 is 0 Å². The maximum absolute atomic E-state index is 11.1. The number of hydrogen-bond acceptors (Lipinski definition) is 2. The Labute approximate surface area is 98.8 Å². The monoisotopic (exact) mass is 236 g/mol. The second-order valence-electron chi connectivity index (χ2n) is 3.70. The third kappa shape index (κ3) is 2.55. The van der Waals surface area contributed by atoms with Crippen molar-refractivity contribution in [3.05, 3.63) is 29.3 Å². The van der Waals surface area contributed by atoms with E-state index in [1.165, 1.54) is 0 Å². The van der Waals surface area contributed by atoms with Gasteiger partial charge in [0.05, 0.1) is 6.42 Å². The largest absolute Gasteiger partial charge is 0.347 e. The van der Waals surface area contributed by atoms with Crippen LogP contribution >= 0.6 is 12.6 Å². The molecular weight excluding hydrogens is 224 g/mol. The molecule has 0 radical (unpaired) electrons. The molecule has 5 heteroatoms. The summed E-state index contributed by atoms with van der Waals surface area (Å²) >= 11 is 3.62. The van der Waals surface area contributed by atoms with Crippen LogP contribution in [0.1, 0.15) is 11.1 Å². The molecule has 0 saturated heterocycles. The first-order valence-electron chi connectivity index (χ1n) is 5.03. The minimum Gasteiger partial charge on any atom is -0.347 e. The molecule has 0 aliphatic carbocycles. The lowest BCUT2D eigenvalue weighted by atomic mass is 10.1. The quantitative estimate of drug-likeness (QED) is 0.694. The molecule has 84 valence electrons. The summed E-state index contributed by atoms with van der Waals surface area (Å²) in [6.07, 6.45) is 1.19. The zero-order chi connectivity index (χ0) is 11.5. The van der Waals surface area contributed by atoms with E-state index in [4.69, 9.17) is 0 Å². The molecule has 0 unspecified atom stereocenters. The van der Waals surface area contributed by atoms with Crippen molar-refractivity contribution in [2.75, 3.05) is 11.9 Å². The summed E-state index contributed by atoms with van der Waals surface area (Å²) in [5.74, 6) is 0.0378. The van der Waals surface area contributed by atoms with Crippen molar-refractivity contribution in [2.45, 2.75) is 12.8 Å². The smallest absolute Gasteiger partial charge is 0.275 e.